The van der Waals surface area contributed by atoms with Gasteiger partial charge in [0.1, 0.15) is 6.61 Å². The molecule has 3 aromatic heterocycles. The Kier molecular flexibility index (Phi) is 7.96. The molecule has 1 fully saturated rings. The lowest BCUT2D eigenvalue weighted by Gasteiger charge is -2.23. The fraction of sp³-hybridized carbons (Fsp3) is 0.444. The van der Waals surface area contributed by atoms with Gasteiger partial charge < -0.3 is 14.8 Å². The topological polar surface area (TPSA) is 83.9 Å². The van der Waals surface area contributed by atoms with Gasteiger partial charge in [0, 0.05) is 39.2 Å². The van der Waals surface area contributed by atoms with Crippen molar-refractivity contribution in [3.63, 3.8) is 0 Å². The van der Waals surface area contributed by atoms with Crippen molar-refractivity contribution in [1.82, 2.24) is 34.7 Å². The summed E-state index contributed by atoms with van der Waals surface area (Å²) in [5, 5.41) is 18.4. The molecule has 1 atom stereocenters. The summed E-state index contributed by atoms with van der Waals surface area (Å²) in [6.45, 7) is 8.86. The molecule has 9 nitrogen and oxygen atoms in total. The van der Waals surface area contributed by atoms with Crippen LogP contribution in [0, 0.1) is 3.57 Å². The number of nitrogens with zero attached hydrogens (tertiary/aromatic N) is 6. The van der Waals surface area contributed by atoms with Gasteiger partial charge in [-0.15, -0.1) is 0 Å². The summed E-state index contributed by atoms with van der Waals surface area (Å²) < 4.78 is 19.2. The first-order valence-electron chi connectivity index (χ1n) is 12.8. The van der Waals surface area contributed by atoms with Crippen LogP contribution in [0.15, 0.2) is 31.0 Å². The summed E-state index contributed by atoms with van der Waals surface area (Å²) in [6, 6.07) is 6.36. The van der Waals surface area contributed by atoms with Crippen LogP contribution in [0.2, 0.25) is 0 Å². The van der Waals surface area contributed by atoms with Gasteiger partial charge in [0.05, 0.1) is 37.9 Å². The summed E-state index contributed by atoms with van der Waals surface area (Å²) in [5.41, 5.74) is 6.24. The van der Waals surface area contributed by atoms with Crippen LogP contribution in [-0.2, 0) is 31.8 Å². The minimum absolute atomic E-state index is 0.0245. The standard InChI is InChI=1S/C27H34IN7O2/c1-5-21-19-15-18(10-11-24(19)35(32-21)25-9-7-8-13-36-25)20-16-30-34(4)27(20)37-14-12-29-17-22-26(28)23(6-2)33(3)31-22/h5,10-11,15-16,25,29H,1,6-9,12-14,17H2,2-4H3. The van der Waals surface area contributed by atoms with Crippen LogP contribution in [-0.4, -0.2) is 49.1 Å². The molecule has 5 rings (SSSR count). The molecule has 4 heterocycles. The molecule has 0 saturated carbocycles. The van der Waals surface area contributed by atoms with E-state index in [-0.39, 0.29) is 6.23 Å². The smallest absolute Gasteiger partial charge is 0.219 e. The van der Waals surface area contributed by atoms with Gasteiger partial charge in [-0.2, -0.15) is 15.3 Å². The molecule has 37 heavy (non-hydrogen) atoms. The first-order valence-corrected chi connectivity index (χ1v) is 13.9. The van der Waals surface area contributed by atoms with Crippen molar-refractivity contribution in [2.75, 3.05) is 19.8 Å². The molecule has 1 aliphatic rings. The average molecular weight is 616 g/mol. The maximum atomic E-state index is 6.20. The van der Waals surface area contributed by atoms with E-state index in [1.807, 2.05) is 35.7 Å². The van der Waals surface area contributed by atoms with Gasteiger partial charge in [-0.3, -0.25) is 4.68 Å². The van der Waals surface area contributed by atoms with E-state index in [1.165, 1.54) is 9.26 Å². The molecular weight excluding hydrogens is 581 g/mol. The number of aryl methyl sites for hydroxylation is 2. The third kappa shape index (κ3) is 5.19. The minimum atomic E-state index is -0.0245. The molecule has 0 radical (unpaired) electrons. The lowest BCUT2D eigenvalue weighted by molar-refractivity contribution is -0.0367. The summed E-state index contributed by atoms with van der Waals surface area (Å²) in [7, 11) is 3.91. The van der Waals surface area contributed by atoms with E-state index in [9.17, 15) is 0 Å². The summed E-state index contributed by atoms with van der Waals surface area (Å²) in [4.78, 5) is 0. The van der Waals surface area contributed by atoms with E-state index in [1.54, 1.807) is 4.68 Å². The lowest BCUT2D eigenvalue weighted by atomic mass is 10.1. The third-order valence-corrected chi connectivity index (χ3v) is 8.11. The fourth-order valence-corrected chi connectivity index (χ4v) is 5.96. The molecule has 1 unspecified atom stereocenters. The molecule has 1 aliphatic heterocycles. The van der Waals surface area contributed by atoms with Crippen LogP contribution in [0.3, 0.4) is 0 Å². The molecule has 0 bridgehead atoms. The highest BCUT2D eigenvalue weighted by molar-refractivity contribution is 14.1. The van der Waals surface area contributed by atoms with Gasteiger partial charge in [0.25, 0.3) is 0 Å². The van der Waals surface area contributed by atoms with Crippen molar-refractivity contribution in [3.8, 4) is 17.0 Å². The normalized spacial score (nSPS) is 15.9. The molecule has 1 aromatic carbocycles. The van der Waals surface area contributed by atoms with Crippen LogP contribution >= 0.6 is 22.6 Å². The molecule has 1 saturated heterocycles. The van der Waals surface area contributed by atoms with E-state index < -0.39 is 0 Å². The fourth-order valence-electron chi connectivity index (χ4n) is 4.93. The van der Waals surface area contributed by atoms with Crippen molar-refractivity contribution >= 4 is 39.6 Å². The van der Waals surface area contributed by atoms with E-state index in [0.717, 1.165) is 71.6 Å². The Morgan fingerprint density at radius 2 is 2.11 bits per heavy atom. The molecule has 4 aromatic rings. The quantitative estimate of drug-likeness (QED) is 0.203. The molecule has 1 N–H and O–H groups in total. The number of benzene rings is 1. The predicted octanol–water partition coefficient (Wildman–Crippen LogP) is 4.85. The predicted molar refractivity (Wildman–Crippen MR) is 153 cm³/mol. The van der Waals surface area contributed by atoms with E-state index in [2.05, 4.69) is 69.8 Å². The Balaban J connectivity index is 1.29. The number of ether oxygens (including phenoxy) is 2. The van der Waals surface area contributed by atoms with Crippen LogP contribution in [0.1, 0.15) is 49.5 Å². The van der Waals surface area contributed by atoms with Gasteiger partial charge >= 0.3 is 0 Å². The van der Waals surface area contributed by atoms with Crippen molar-refractivity contribution in [1.29, 1.82) is 0 Å². The second-order valence-corrected chi connectivity index (χ2v) is 10.4. The zero-order valence-electron chi connectivity index (χ0n) is 21.7. The lowest BCUT2D eigenvalue weighted by Crippen LogP contribution is -2.22. The Hall–Kier alpha value is -2.70. The summed E-state index contributed by atoms with van der Waals surface area (Å²) >= 11 is 2.39. The molecular formula is C27H34IN7O2. The Bertz CT molecular complexity index is 1400. The van der Waals surface area contributed by atoms with Gasteiger partial charge in [-0.05, 0) is 72.0 Å². The van der Waals surface area contributed by atoms with E-state index in [0.29, 0.717) is 19.7 Å². The number of aromatic nitrogens is 6. The van der Waals surface area contributed by atoms with Crippen LogP contribution in [0.25, 0.3) is 28.1 Å². The van der Waals surface area contributed by atoms with Gasteiger partial charge in [-0.25, -0.2) is 9.36 Å². The number of nitrogens with one attached hydrogen (secondary N) is 1. The number of hydrogen-bond donors (Lipinski definition) is 1. The van der Waals surface area contributed by atoms with Crippen LogP contribution in [0.4, 0.5) is 0 Å². The number of fused-ring (bicyclic) bond motifs is 1. The van der Waals surface area contributed by atoms with Crippen LogP contribution < -0.4 is 10.1 Å². The molecule has 0 aliphatic carbocycles. The summed E-state index contributed by atoms with van der Waals surface area (Å²) in [5.74, 6) is 0.741. The first kappa shape index (κ1) is 25.9. The van der Waals surface area contributed by atoms with Gasteiger partial charge in [0.15, 0.2) is 6.23 Å². The second-order valence-electron chi connectivity index (χ2n) is 9.28. The largest absolute Gasteiger partial charge is 0.476 e. The second kappa shape index (κ2) is 11.4. The highest BCUT2D eigenvalue weighted by atomic mass is 127. The SMILES string of the molecule is C=Cc1nn(C2CCCCO2)c2ccc(-c3cnn(C)c3OCCNCc3nn(C)c(CC)c3I)cc12. The van der Waals surface area contributed by atoms with Crippen LogP contribution in [0.5, 0.6) is 5.88 Å². The first-order chi connectivity index (χ1) is 18.0. The Labute approximate surface area is 231 Å². The Morgan fingerprint density at radius 3 is 2.84 bits per heavy atom. The van der Waals surface area contributed by atoms with Crippen molar-refractivity contribution in [2.45, 2.75) is 45.4 Å². The minimum Gasteiger partial charge on any atom is -0.476 e. The van der Waals surface area contributed by atoms with Crippen molar-refractivity contribution in [3.05, 3.63) is 51.6 Å². The Morgan fingerprint density at radius 1 is 1.24 bits per heavy atom. The van der Waals surface area contributed by atoms with Gasteiger partial charge in [-0.1, -0.05) is 19.6 Å². The average Bonchev–Trinajstić information content (AvgIpc) is 3.56. The molecule has 0 spiro atoms. The van der Waals surface area contributed by atoms with E-state index in [4.69, 9.17) is 14.6 Å². The third-order valence-electron chi connectivity index (χ3n) is 6.86. The maximum absolute atomic E-state index is 6.20. The van der Waals surface area contributed by atoms with E-state index >= 15 is 0 Å². The monoisotopic (exact) mass is 615 g/mol. The number of halogens is 1. The maximum Gasteiger partial charge on any atom is 0.219 e. The zero-order valence-corrected chi connectivity index (χ0v) is 23.9. The van der Waals surface area contributed by atoms with Gasteiger partial charge in [0.2, 0.25) is 5.88 Å². The molecule has 196 valence electrons. The highest BCUT2D eigenvalue weighted by Crippen LogP contribution is 2.35. The number of hydrogen-bond acceptors (Lipinski definition) is 6. The molecule has 0 amide bonds. The number of rotatable bonds is 10. The summed E-state index contributed by atoms with van der Waals surface area (Å²) in [6.07, 6.45) is 7.85. The highest BCUT2D eigenvalue weighted by Gasteiger charge is 2.21. The van der Waals surface area contributed by atoms with Crippen molar-refractivity contribution < 1.29 is 9.47 Å². The van der Waals surface area contributed by atoms with Crippen molar-refractivity contribution in [2.24, 2.45) is 14.1 Å². The molecule has 10 heteroatoms. The zero-order chi connectivity index (χ0) is 25.9.